The van der Waals surface area contributed by atoms with Crippen LogP contribution in [0.2, 0.25) is 0 Å². The molecule has 0 aromatic heterocycles. The fraction of sp³-hybridized carbons (Fsp3) is 0.227. The highest BCUT2D eigenvalue weighted by molar-refractivity contribution is 9.10. The van der Waals surface area contributed by atoms with Gasteiger partial charge in [0, 0.05) is 17.6 Å². The summed E-state index contributed by atoms with van der Waals surface area (Å²) >= 11 is 4.28. The summed E-state index contributed by atoms with van der Waals surface area (Å²) in [7, 11) is 0. The Hall–Kier alpha value is -2.45. The van der Waals surface area contributed by atoms with Crippen LogP contribution in [0.3, 0.4) is 0 Å². The molecule has 1 heterocycles. The average molecular weight is 489 g/mol. The summed E-state index contributed by atoms with van der Waals surface area (Å²) in [5.41, 5.74) is 1.08. The molecule has 154 valence electrons. The molecule has 2 fully saturated rings. The Kier molecular flexibility index (Phi) is 5.79. The lowest BCUT2D eigenvalue weighted by Crippen LogP contribution is -2.41. The van der Waals surface area contributed by atoms with Gasteiger partial charge in [-0.2, -0.15) is 0 Å². The number of hydrogen-bond acceptors (Lipinski definition) is 4. The van der Waals surface area contributed by atoms with Gasteiger partial charge in [-0.3, -0.25) is 19.3 Å². The van der Waals surface area contributed by atoms with Gasteiger partial charge in [0.25, 0.3) is 11.1 Å². The van der Waals surface area contributed by atoms with Crippen LogP contribution in [0.5, 0.6) is 0 Å². The molecule has 1 aliphatic carbocycles. The van der Waals surface area contributed by atoms with Gasteiger partial charge in [-0.25, -0.2) is 4.39 Å². The van der Waals surface area contributed by atoms with Crippen molar-refractivity contribution in [1.29, 1.82) is 0 Å². The minimum atomic E-state index is -0.523. The number of nitrogens with zero attached hydrogens (tertiary/aromatic N) is 1. The van der Waals surface area contributed by atoms with Gasteiger partial charge in [0.15, 0.2) is 0 Å². The van der Waals surface area contributed by atoms with E-state index in [4.69, 9.17) is 0 Å². The molecule has 1 saturated carbocycles. The molecule has 0 unspecified atom stereocenters. The van der Waals surface area contributed by atoms with Crippen LogP contribution in [-0.4, -0.2) is 35.0 Å². The number of thioether (sulfide) groups is 1. The normalized spacial score (nSPS) is 18.7. The van der Waals surface area contributed by atoms with Crippen LogP contribution in [0.25, 0.3) is 6.08 Å². The monoisotopic (exact) mass is 488 g/mol. The maximum Gasteiger partial charge on any atom is 0.293 e. The van der Waals surface area contributed by atoms with E-state index in [1.165, 1.54) is 12.1 Å². The molecule has 30 heavy (non-hydrogen) atoms. The van der Waals surface area contributed by atoms with Crippen molar-refractivity contribution in [3.63, 3.8) is 0 Å². The van der Waals surface area contributed by atoms with Crippen LogP contribution in [0, 0.1) is 5.82 Å². The average Bonchev–Trinajstić information content (AvgIpc) is 3.49. The predicted octanol–water partition coefficient (Wildman–Crippen LogP) is 4.47. The fourth-order valence-electron chi connectivity index (χ4n) is 3.41. The second kappa shape index (κ2) is 8.35. The van der Waals surface area contributed by atoms with Crippen LogP contribution >= 0.6 is 27.7 Å². The first kappa shape index (κ1) is 20.8. The third kappa shape index (κ3) is 4.20. The van der Waals surface area contributed by atoms with Gasteiger partial charge in [-0.1, -0.05) is 40.2 Å². The topological polar surface area (TPSA) is 66.5 Å². The van der Waals surface area contributed by atoms with E-state index in [0.29, 0.717) is 5.56 Å². The number of imide groups is 1. The summed E-state index contributed by atoms with van der Waals surface area (Å²) in [6.45, 7) is 0.294. The zero-order chi connectivity index (χ0) is 21.3. The lowest BCUT2D eigenvalue weighted by atomic mass is 9.95. The number of rotatable bonds is 6. The summed E-state index contributed by atoms with van der Waals surface area (Å²) in [6.07, 6.45) is 3.11. The molecule has 1 saturated heterocycles. The Morgan fingerprint density at radius 2 is 1.93 bits per heavy atom. The Balaban J connectivity index is 1.36. The summed E-state index contributed by atoms with van der Waals surface area (Å²) in [5.74, 6) is -0.863. The standard InChI is InChI=1S/C22H18BrFN2O3S/c23-16-3-1-2-15(13-16)22(8-9-22)20(28)25-10-11-26-19(27)18(30-21(26)29)12-14-4-6-17(24)7-5-14/h1-7,12-13H,8-11H2,(H,25,28)/b18-12+. The van der Waals surface area contributed by atoms with Crippen molar-refractivity contribution < 1.29 is 18.8 Å². The van der Waals surface area contributed by atoms with E-state index in [1.807, 2.05) is 24.3 Å². The van der Waals surface area contributed by atoms with Gasteiger partial charge >= 0.3 is 0 Å². The molecule has 2 aliphatic rings. The molecule has 1 N–H and O–H groups in total. The molecule has 1 aliphatic heterocycles. The van der Waals surface area contributed by atoms with E-state index < -0.39 is 11.3 Å². The van der Waals surface area contributed by atoms with E-state index in [-0.39, 0.29) is 35.0 Å². The van der Waals surface area contributed by atoms with Crippen LogP contribution in [0.1, 0.15) is 24.0 Å². The van der Waals surface area contributed by atoms with Gasteiger partial charge in [0.2, 0.25) is 5.91 Å². The number of hydrogen-bond donors (Lipinski definition) is 1. The maximum atomic E-state index is 13.0. The van der Waals surface area contributed by atoms with Gasteiger partial charge in [0.05, 0.1) is 10.3 Å². The summed E-state index contributed by atoms with van der Waals surface area (Å²) in [5, 5.41) is 2.49. The zero-order valence-corrected chi connectivity index (χ0v) is 18.3. The highest BCUT2D eigenvalue weighted by Crippen LogP contribution is 2.48. The minimum Gasteiger partial charge on any atom is -0.354 e. The first-order chi connectivity index (χ1) is 14.4. The molecule has 0 spiro atoms. The lowest BCUT2D eigenvalue weighted by Gasteiger charge is -2.18. The highest BCUT2D eigenvalue weighted by atomic mass is 79.9. The molecule has 3 amide bonds. The first-order valence-corrected chi connectivity index (χ1v) is 11.1. The maximum absolute atomic E-state index is 13.0. The number of nitrogens with one attached hydrogen (secondary N) is 1. The molecule has 0 bridgehead atoms. The van der Waals surface area contributed by atoms with Crippen LogP contribution in [0.4, 0.5) is 9.18 Å². The quantitative estimate of drug-likeness (QED) is 0.609. The van der Waals surface area contributed by atoms with Crippen molar-refractivity contribution >= 4 is 50.8 Å². The molecule has 0 radical (unpaired) electrons. The minimum absolute atomic E-state index is 0.0885. The molecule has 8 heteroatoms. The van der Waals surface area contributed by atoms with Crippen LogP contribution in [-0.2, 0) is 15.0 Å². The van der Waals surface area contributed by atoms with Crippen molar-refractivity contribution in [2.45, 2.75) is 18.3 Å². The summed E-state index contributed by atoms with van der Waals surface area (Å²) in [4.78, 5) is 38.9. The van der Waals surface area contributed by atoms with E-state index >= 15 is 0 Å². The van der Waals surface area contributed by atoms with Crippen molar-refractivity contribution in [3.05, 3.63) is 74.9 Å². The zero-order valence-electron chi connectivity index (χ0n) is 15.9. The molecular weight excluding hydrogens is 471 g/mol. The number of amides is 3. The molecule has 2 aromatic carbocycles. The van der Waals surface area contributed by atoms with Gasteiger partial charge in [-0.05, 0) is 66.1 Å². The summed E-state index contributed by atoms with van der Waals surface area (Å²) in [6, 6.07) is 13.4. The number of carbonyl (C=O) groups excluding carboxylic acids is 3. The Morgan fingerprint density at radius 3 is 2.60 bits per heavy atom. The van der Waals surface area contributed by atoms with Gasteiger partial charge < -0.3 is 5.32 Å². The molecule has 4 rings (SSSR count). The van der Waals surface area contributed by atoms with Gasteiger partial charge in [-0.15, -0.1) is 0 Å². The number of carbonyl (C=O) groups is 3. The van der Waals surface area contributed by atoms with E-state index in [2.05, 4.69) is 21.2 Å². The second-order valence-electron chi connectivity index (χ2n) is 7.23. The van der Waals surface area contributed by atoms with Gasteiger partial charge in [0.1, 0.15) is 5.82 Å². The third-order valence-corrected chi connectivity index (χ3v) is 6.62. The highest BCUT2D eigenvalue weighted by Gasteiger charge is 2.51. The Labute approximate surface area is 185 Å². The van der Waals surface area contributed by atoms with Crippen molar-refractivity contribution in [2.24, 2.45) is 0 Å². The second-order valence-corrected chi connectivity index (χ2v) is 9.14. The summed E-state index contributed by atoms with van der Waals surface area (Å²) < 4.78 is 14.0. The van der Waals surface area contributed by atoms with E-state index in [0.717, 1.165) is 39.5 Å². The van der Waals surface area contributed by atoms with Crippen LogP contribution < -0.4 is 5.32 Å². The number of halogens is 2. The Morgan fingerprint density at radius 1 is 1.20 bits per heavy atom. The lowest BCUT2D eigenvalue weighted by molar-refractivity contribution is -0.125. The fourth-order valence-corrected chi connectivity index (χ4v) is 4.68. The van der Waals surface area contributed by atoms with Crippen molar-refractivity contribution in [1.82, 2.24) is 10.2 Å². The van der Waals surface area contributed by atoms with Crippen molar-refractivity contribution in [2.75, 3.05) is 13.1 Å². The molecule has 2 aromatic rings. The van der Waals surface area contributed by atoms with Crippen LogP contribution in [0.15, 0.2) is 57.9 Å². The first-order valence-electron chi connectivity index (χ1n) is 9.44. The van der Waals surface area contributed by atoms with E-state index in [9.17, 15) is 18.8 Å². The largest absolute Gasteiger partial charge is 0.354 e. The Bertz CT molecular complexity index is 1050. The predicted molar refractivity (Wildman–Crippen MR) is 117 cm³/mol. The van der Waals surface area contributed by atoms with E-state index in [1.54, 1.807) is 18.2 Å². The molecular formula is C22H18BrFN2O3S. The van der Waals surface area contributed by atoms with Crippen molar-refractivity contribution in [3.8, 4) is 0 Å². The third-order valence-electron chi connectivity index (χ3n) is 5.22. The molecule has 5 nitrogen and oxygen atoms in total. The SMILES string of the molecule is O=C1S/C(=C/c2ccc(F)cc2)C(=O)N1CCNC(=O)C1(c2cccc(Br)c2)CC1. The smallest absolute Gasteiger partial charge is 0.293 e. The molecule has 0 atom stereocenters. The number of benzene rings is 2.